The molecule has 1 N–H and O–H groups in total. The number of fused-ring (bicyclic) bond motifs is 1. The molecule has 8 nitrogen and oxygen atoms in total. The molecule has 4 rings (SSSR count). The van der Waals surface area contributed by atoms with Crippen LogP contribution in [-0.4, -0.2) is 87.5 Å². The molecule has 3 saturated heterocycles. The summed E-state index contributed by atoms with van der Waals surface area (Å²) in [4.78, 5) is 48.3. The van der Waals surface area contributed by atoms with Crippen LogP contribution in [0.4, 0.5) is 5.69 Å². The first-order chi connectivity index (χ1) is 20.0. The van der Waals surface area contributed by atoms with Gasteiger partial charge >= 0.3 is 0 Å². The number of anilines is 1. The number of aryl methyl sites for hydroxylation is 1. The minimum atomic E-state index is -1.26. The van der Waals surface area contributed by atoms with Crippen molar-refractivity contribution >= 4 is 50.9 Å². The van der Waals surface area contributed by atoms with E-state index in [1.165, 1.54) is 0 Å². The summed E-state index contributed by atoms with van der Waals surface area (Å²) in [6.45, 7) is 16.2. The van der Waals surface area contributed by atoms with E-state index >= 15 is 0 Å². The molecule has 1 aromatic carbocycles. The van der Waals surface area contributed by atoms with Gasteiger partial charge in [-0.15, -0.1) is 13.2 Å². The highest BCUT2D eigenvalue weighted by molar-refractivity contribution is 9.09. The first-order valence-corrected chi connectivity index (χ1v) is 16.2. The molecule has 3 heterocycles. The van der Waals surface area contributed by atoms with Crippen molar-refractivity contribution in [1.29, 1.82) is 0 Å². The third-order valence-corrected chi connectivity index (χ3v) is 10.4. The maximum absolute atomic E-state index is 14.9. The Balaban J connectivity index is 1.90. The van der Waals surface area contributed by atoms with E-state index in [4.69, 9.17) is 16.3 Å². The molecule has 3 aliphatic heterocycles. The van der Waals surface area contributed by atoms with Crippen molar-refractivity contribution in [3.8, 4) is 0 Å². The number of carbonyl (C=O) groups is 3. The zero-order valence-corrected chi connectivity index (χ0v) is 27.3. The standard InChI is InChI=1S/C32H43BrClN3O5/c1-7-14-35(15-8-2)29(39)24-25-30(40)37(23(18-38)19(5)10-4)28(32(25)17-21(33)27(24)42-32)31(41)36(16-9-3)26-20(6)12-11-13-22(26)34/h7,9,11-13,19,21,23-25,27-28,38H,1,3,8,10,14-18H2,2,4-6H3/t19-,21?,23-,24+,25-,27+,28?,32?/m0/s1. The number of ether oxygens (including phenoxy) is 1. The molecular weight excluding hydrogens is 622 g/mol. The number of likely N-dealkylation sites (tertiary alicyclic amines) is 1. The van der Waals surface area contributed by atoms with Crippen LogP contribution in [0.15, 0.2) is 43.5 Å². The number of halogens is 2. The molecule has 230 valence electrons. The second-order valence-electron chi connectivity index (χ2n) is 11.8. The molecule has 1 aromatic rings. The van der Waals surface area contributed by atoms with Crippen LogP contribution in [0, 0.1) is 24.7 Å². The van der Waals surface area contributed by atoms with Crippen LogP contribution in [0.3, 0.4) is 0 Å². The van der Waals surface area contributed by atoms with Gasteiger partial charge in [0.1, 0.15) is 11.6 Å². The summed E-state index contributed by atoms with van der Waals surface area (Å²) in [5, 5.41) is 11.0. The summed E-state index contributed by atoms with van der Waals surface area (Å²) in [6.07, 6.45) is 4.55. The molecule has 3 fully saturated rings. The Kier molecular flexibility index (Phi) is 10.3. The molecule has 10 heteroatoms. The fraction of sp³-hybridized carbons (Fsp3) is 0.594. The Morgan fingerprint density at radius 1 is 1.26 bits per heavy atom. The van der Waals surface area contributed by atoms with Gasteiger partial charge < -0.3 is 24.5 Å². The lowest BCUT2D eigenvalue weighted by Gasteiger charge is -2.41. The van der Waals surface area contributed by atoms with Gasteiger partial charge in [0.25, 0.3) is 5.91 Å². The first kappa shape index (κ1) is 32.7. The SMILES string of the molecule is C=CCN(CCC)C(=O)[C@H]1[C@@H]2OC3(CC2Br)C(C(=O)N(CC=C)c2c(C)cccc2Cl)N([C@@H](CO)[C@@H](C)CC)C(=O)[C@H]13. The van der Waals surface area contributed by atoms with Crippen LogP contribution in [-0.2, 0) is 19.1 Å². The van der Waals surface area contributed by atoms with Crippen molar-refractivity contribution in [3.05, 3.63) is 54.1 Å². The molecule has 42 heavy (non-hydrogen) atoms. The second-order valence-corrected chi connectivity index (χ2v) is 13.3. The highest BCUT2D eigenvalue weighted by Crippen LogP contribution is 2.61. The monoisotopic (exact) mass is 663 g/mol. The minimum Gasteiger partial charge on any atom is -0.394 e. The molecule has 2 bridgehead atoms. The molecule has 1 spiro atoms. The van der Waals surface area contributed by atoms with Crippen LogP contribution in [0.25, 0.3) is 0 Å². The van der Waals surface area contributed by atoms with E-state index in [1.54, 1.807) is 32.9 Å². The van der Waals surface area contributed by atoms with Crippen LogP contribution in [0.2, 0.25) is 5.02 Å². The fourth-order valence-corrected chi connectivity index (χ4v) is 8.53. The molecule has 8 atom stereocenters. The normalized spacial score (nSPS) is 29.3. The number of benzene rings is 1. The van der Waals surface area contributed by atoms with Gasteiger partial charge in [0.05, 0.1) is 41.3 Å². The van der Waals surface area contributed by atoms with Gasteiger partial charge in [0.2, 0.25) is 11.8 Å². The highest BCUT2D eigenvalue weighted by atomic mass is 79.9. The smallest absolute Gasteiger partial charge is 0.253 e. The van der Waals surface area contributed by atoms with Crippen molar-refractivity contribution in [2.24, 2.45) is 17.8 Å². The van der Waals surface area contributed by atoms with Gasteiger partial charge in [-0.2, -0.15) is 0 Å². The quantitative estimate of drug-likeness (QED) is 0.243. The number of para-hydroxylation sites is 1. The Labute approximate surface area is 262 Å². The lowest BCUT2D eigenvalue weighted by Crippen LogP contribution is -2.60. The summed E-state index contributed by atoms with van der Waals surface area (Å²) >= 11 is 10.4. The molecule has 3 aliphatic rings. The number of alkyl halides is 1. The number of aliphatic hydroxyl groups excluding tert-OH is 1. The molecule has 0 aliphatic carbocycles. The van der Waals surface area contributed by atoms with E-state index in [1.807, 2.05) is 39.8 Å². The fourth-order valence-electron chi connectivity index (χ4n) is 7.26. The van der Waals surface area contributed by atoms with Crippen LogP contribution < -0.4 is 4.90 Å². The third kappa shape index (κ3) is 5.24. The molecule has 0 aromatic heterocycles. The highest BCUT2D eigenvalue weighted by Gasteiger charge is 2.77. The van der Waals surface area contributed by atoms with E-state index in [2.05, 4.69) is 29.1 Å². The van der Waals surface area contributed by atoms with Gasteiger partial charge in [0.15, 0.2) is 0 Å². The molecule has 0 radical (unpaired) electrons. The Morgan fingerprint density at radius 3 is 2.52 bits per heavy atom. The summed E-state index contributed by atoms with van der Waals surface area (Å²) in [7, 11) is 0. The number of aliphatic hydroxyl groups is 1. The average Bonchev–Trinajstić information content (AvgIpc) is 3.55. The lowest BCUT2D eigenvalue weighted by molar-refractivity contribution is -0.148. The van der Waals surface area contributed by atoms with Crippen molar-refractivity contribution in [2.75, 3.05) is 31.1 Å². The first-order valence-electron chi connectivity index (χ1n) is 14.9. The maximum Gasteiger partial charge on any atom is 0.253 e. The van der Waals surface area contributed by atoms with Gasteiger partial charge in [0, 0.05) is 24.5 Å². The van der Waals surface area contributed by atoms with Gasteiger partial charge in [-0.25, -0.2) is 0 Å². The summed E-state index contributed by atoms with van der Waals surface area (Å²) < 4.78 is 6.73. The van der Waals surface area contributed by atoms with Crippen molar-refractivity contribution in [3.63, 3.8) is 0 Å². The zero-order chi connectivity index (χ0) is 30.9. The third-order valence-electron chi connectivity index (χ3n) is 9.28. The van der Waals surface area contributed by atoms with E-state index in [0.29, 0.717) is 36.6 Å². The second kappa shape index (κ2) is 13.2. The van der Waals surface area contributed by atoms with E-state index < -0.39 is 35.6 Å². The number of rotatable bonds is 13. The van der Waals surface area contributed by atoms with Crippen molar-refractivity contribution in [1.82, 2.24) is 9.80 Å². The molecule has 3 unspecified atom stereocenters. The number of nitrogens with zero attached hydrogens (tertiary/aromatic N) is 3. The predicted octanol–water partition coefficient (Wildman–Crippen LogP) is 4.75. The lowest BCUT2D eigenvalue weighted by atomic mass is 9.70. The number of amides is 3. The van der Waals surface area contributed by atoms with Crippen LogP contribution >= 0.6 is 27.5 Å². The summed E-state index contributed by atoms with van der Waals surface area (Å²) in [6, 6.07) is 3.72. The van der Waals surface area contributed by atoms with E-state index in [0.717, 1.165) is 12.0 Å². The Morgan fingerprint density at radius 2 is 1.95 bits per heavy atom. The van der Waals surface area contributed by atoms with Crippen molar-refractivity contribution in [2.45, 2.75) is 75.6 Å². The molecule has 0 saturated carbocycles. The zero-order valence-electron chi connectivity index (χ0n) is 25.0. The largest absolute Gasteiger partial charge is 0.394 e. The minimum absolute atomic E-state index is 0.108. The summed E-state index contributed by atoms with van der Waals surface area (Å²) in [5.41, 5.74) is 0.0801. The number of carbonyl (C=O) groups excluding carboxylic acids is 3. The van der Waals surface area contributed by atoms with E-state index in [9.17, 15) is 19.5 Å². The van der Waals surface area contributed by atoms with Gasteiger partial charge in [-0.3, -0.25) is 14.4 Å². The van der Waals surface area contributed by atoms with Gasteiger partial charge in [-0.1, -0.05) is 79.0 Å². The topological polar surface area (TPSA) is 90.4 Å². The predicted molar refractivity (Wildman–Crippen MR) is 169 cm³/mol. The molecule has 3 amide bonds. The Bertz CT molecular complexity index is 1210. The Hall–Kier alpha value is -2.20. The molecular formula is C32H43BrClN3O5. The van der Waals surface area contributed by atoms with Gasteiger partial charge in [-0.05, 0) is 37.3 Å². The summed E-state index contributed by atoms with van der Waals surface area (Å²) in [5.74, 6) is -2.60. The van der Waals surface area contributed by atoms with Crippen LogP contribution in [0.1, 0.15) is 45.6 Å². The number of hydrogen-bond acceptors (Lipinski definition) is 5. The number of hydrogen-bond donors (Lipinski definition) is 1. The van der Waals surface area contributed by atoms with Crippen molar-refractivity contribution < 1.29 is 24.2 Å². The average molecular weight is 665 g/mol. The van der Waals surface area contributed by atoms with Crippen LogP contribution in [0.5, 0.6) is 0 Å². The van der Waals surface area contributed by atoms with E-state index in [-0.39, 0.29) is 41.6 Å². The maximum atomic E-state index is 14.9.